The van der Waals surface area contributed by atoms with E-state index < -0.39 is 12.0 Å². The number of carbonyl (C=O) groups excluding carboxylic acids is 2. The first-order chi connectivity index (χ1) is 11.0. The van der Waals surface area contributed by atoms with E-state index in [1.54, 1.807) is 23.1 Å². The number of amides is 2. The van der Waals surface area contributed by atoms with E-state index in [0.717, 1.165) is 11.3 Å². The summed E-state index contributed by atoms with van der Waals surface area (Å²) in [5.74, 6) is -1.41. The molecule has 23 heavy (non-hydrogen) atoms. The maximum atomic E-state index is 12.7. The highest BCUT2D eigenvalue weighted by molar-refractivity contribution is 5.99. The van der Waals surface area contributed by atoms with Gasteiger partial charge >= 0.3 is 5.97 Å². The first-order valence-electron chi connectivity index (χ1n) is 7.51. The minimum absolute atomic E-state index is 0.00410. The normalized spacial score (nSPS) is 20.3. The van der Waals surface area contributed by atoms with Crippen molar-refractivity contribution < 1.29 is 24.2 Å². The maximum absolute atomic E-state index is 12.7. The summed E-state index contributed by atoms with van der Waals surface area (Å²) in [4.78, 5) is 38.5. The van der Waals surface area contributed by atoms with Crippen molar-refractivity contribution >= 4 is 23.5 Å². The van der Waals surface area contributed by atoms with E-state index in [-0.39, 0.29) is 25.0 Å². The lowest BCUT2D eigenvalue weighted by molar-refractivity contribution is -0.147. The third-order valence-electron chi connectivity index (χ3n) is 4.28. The van der Waals surface area contributed by atoms with Crippen LogP contribution in [0.1, 0.15) is 22.8 Å². The molecule has 0 unspecified atom stereocenters. The first-order valence-corrected chi connectivity index (χ1v) is 7.51. The van der Waals surface area contributed by atoms with Crippen molar-refractivity contribution in [2.45, 2.75) is 19.4 Å². The van der Waals surface area contributed by atoms with Crippen LogP contribution < -0.4 is 4.90 Å². The summed E-state index contributed by atoms with van der Waals surface area (Å²) in [6, 6.07) is 4.21. The Morgan fingerprint density at radius 2 is 2.04 bits per heavy atom. The van der Waals surface area contributed by atoms with Crippen LogP contribution in [0.5, 0.6) is 0 Å². The fourth-order valence-corrected chi connectivity index (χ4v) is 3.08. The molecule has 0 saturated carbocycles. The van der Waals surface area contributed by atoms with Crippen LogP contribution in [0.2, 0.25) is 0 Å². The number of aliphatic carboxylic acids is 1. The number of carboxylic acid groups (broad SMARTS) is 1. The molecule has 1 aromatic rings. The Balaban J connectivity index is 1.86. The zero-order valence-corrected chi connectivity index (χ0v) is 12.8. The first kappa shape index (κ1) is 15.5. The van der Waals surface area contributed by atoms with Crippen molar-refractivity contribution in [3.05, 3.63) is 29.3 Å². The van der Waals surface area contributed by atoms with Gasteiger partial charge in [-0.25, -0.2) is 4.79 Å². The van der Waals surface area contributed by atoms with Gasteiger partial charge in [-0.15, -0.1) is 0 Å². The smallest absolute Gasteiger partial charge is 0.328 e. The molecule has 0 spiro atoms. The molecular formula is C16H18N2O5. The van der Waals surface area contributed by atoms with Crippen molar-refractivity contribution in [3.63, 3.8) is 0 Å². The van der Waals surface area contributed by atoms with E-state index in [4.69, 9.17) is 4.74 Å². The fraction of sp³-hybridized carbons (Fsp3) is 0.438. The van der Waals surface area contributed by atoms with Gasteiger partial charge in [-0.05, 0) is 30.2 Å². The Morgan fingerprint density at radius 1 is 1.26 bits per heavy atom. The van der Waals surface area contributed by atoms with Crippen molar-refractivity contribution in [2.24, 2.45) is 0 Å². The largest absolute Gasteiger partial charge is 0.480 e. The molecule has 1 fully saturated rings. The molecule has 1 atom stereocenters. The lowest BCUT2D eigenvalue weighted by Gasteiger charge is -2.33. The second kappa shape index (κ2) is 6.00. The molecule has 0 aliphatic carbocycles. The molecular weight excluding hydrogens is 300 g/mol. The van der Waals surface area contributed by atoms with Gasteiger partial charge in [0.15, 0.2) is 6.04 Å². The van der Waals surface area contributed by atoms with E-state index in [9.17, 15) is 19.5 Å². The monoisotopic (exact) mass is 318 g/mol. The molecule has 1 aromatic carbocycles. The van der Waals surface area contributed by atoms with Crippen LogP contribution in [-0.2, 0) is 20.7 Å². The van der Waals surface area contributed by atoms with E-state index in [2.05, 4.69) is 0 Å². The molecule has 1 saturated heterocycles. The Bertz CT molecular complexity index is 672. The van der Waals surface area contributed by atoms with Crippen molar-refractivity contribution in [1.82, 2.24) is 4.90 Å². The number of hydrogen-bond acceptors (Lipinski definition) is 4. The average molecular weight is 318 g/mol. The molecule has 2 aliphatic rings. The standard InChI is InChI=1S/C16H18N2O5/c1-10(19)17-5-4-11-8-12(2-3-13(11)17)15(20)18-6-7-23-9-14(18)16(21)22/h2-3,8,14H,4-7,9H2,1H3,(H,21,22)/t14-/m0/s1. The maximum Gasteiger partial charge on any atom is 0.328 e. The summed E-state index contributed by atoms with van der Waals surface area (Å²) in [5, 5.41) is 9.24. The number of hydrogen-bond donors (Lipinski definition) is 1. The van der Waals surface area contributed by atoms with Crippen LogP contribution in [0, 0.1) is 0 Å². The number of rotatable bonds is 2. The van der Waals surface area contributed by atoms with Crippen LogP contribution in [0.25, 0.3) is 0 Å². The predicted molar refractivity (Wildman–Crippen MR) is 81.5 cm³/mol. The number of fused-ring (bicyclic) bond motifs is 1. The van der Waals surface area contributed by atoms with E-state index >= 15 is 0 Å². The molecule has 7 heteroatoms. The van der Waals surface area contributed by atoms with Crippen LogP contribution in [0.4, 0.5) is 5.69 Å². The van der Waals surface area contributed by atoms with E-state index in [1.807, 2.05) is 0 Å². The van der Waals surface area contributed by atoms with Crippen LogP contribution >= 0.6 is 0 Å². The highest BCUT2D eigenvalue weighted by Gasteiger charge is 2.34. The summed E-state index contributed by atoms with van der Waals surface area (Å²) in [5.41, 5.74) is 2.21. The van der Waals surface area contributed by atoms with Crippen LogP contribution in [0.15, 0.2) is 18.2 Å². The van der Waals surface area contributed by atoms with Gasteiger partial charge in [-0.2, -0.15) is 0 Å². The SMILES string of the molecule is CC(=O)N1CCc2cc(C(=O)N3CCOC[C@H]3C(=O)O)ccc21. The molecule has 2 aliphatic heterocycles. The molecule has 2 heterocycles. The number of benzene rings is 1. The highest BCUT2D eigenvalue weighted by Crippen LogP contribution is 2.29. The molecule has 7 nitrogen and oxygen atoms in total. The number of carboxylic acids is 1. The molecule has 0 radical (unpaired) electrons. The van der Waals surface area contributed by atoms with Gasteiger partial charge in [0, 0.05) is 31.3 Å². The van der Waals surface area contributed by atoms with Gasteiger partial charge in [0.1, 0.15) is 0 Å². The number of nitrogens with zero attached hydrogens (tertiary/aromatic N) is 2. The van der Waals surface area contributed by atoms with Crippen LogP contribution in [0.3, 0.4) is 0 Å². The van der Waals surface area contributed by atoms with Crippen LogP contribution in [-0.4, -0.2) is 60.1 Å². The summed E-state index contributed by atoms with van der Waals surface area (Å²) in [7, 11) is 0. The van der Waals surface area contributed by atoms with Crippen molar-refractivity contribution in [1.29, 1.82) is 0 Å². The zero-order chi connectivity index (χ0) is 16.6. The average Bonchev–Trinajstić information content (AvgIpc) is 2.97. The molecule has 1 N–H and O–H groups in total. The van der Waals surface area contributed by atoms with Gasteiger partial charge < -0.3 is 19.6 Å². The Hall–Kier alpha value is -2.41. The van der Waals surface area contributed by atoms with Gasteiger partial charge in [-0.1, -0.05) is 0 Å². The van der Waals surface area contributed by atoms with Gasteiger partial charge in [0.25, 0.3) is 5.91 Å². The molecule has 3 rings (SSSR count). The number of carbonyl (C=O) groups is 3. The lowest BCUT2D eigenvalue weighted by atomic mass is 10.1. The van der Waals surface area contributed by atoms with E-state index in [0.29, 0.717) is 25.1 Å². The molecule has 0 bridgehead atoms. The number of ether oxygens (including phenoxy) is 1. The minimum Gasteiger partial charge on any atom is -0.480 e. The minimum atomic E-state index is -1.07. The van der Waals surface area contributed by atoms with Crippen molar-refractivity contribution in [2.75, 3.05) is 31.2 Å². The topological polar surface area (TPSA) is 87.2 Å². The summed E-state index contributed by atoms with van der Waals surface area (Å²) >= 11 is 0. The lowest BCUT2D eigenvalue weighted by Crippen LogP contribution is -2.52. The van der Waals surface area contributed by atoms with Gasteiger partial charge in [0.2, 0.25) is 5.91 Å². The summed E-state index contributed by atoms with van der Waals surface area (Å²) in [6.07, 6.45) is 0.696. The highest BCUT2D eigenvalue weighted by atomic mass is 16.5. The third kappa shape index (κ3) is 2.79. The van der Waals surface area contributed by atoms with Gasteiger partial charge in [0.05, 0.1) is 13.2 Å². The molecule has 0 aromatic heterocycles. The second-order valence-corrected chi connectivity index (χ2v) is 5.69. The van der Waals surface area contributed by atoms with E-state index in [1.165, 1.54) is 11.8 Å². The quantitative estimate of drug-likeness (QED) is 0.859. The molecule has 122 valence electrons. The Kier molecular flexibility index (Phi) is 4.04. The van der Waals surface area contributed by atoms with Gasteiger partial charge in [-0.3, -0.25) is 9.59 Å². The van der Waals surface area contributed by atoms with Crippen molar-refractivity contribution in [3.8, 4) is 0 Å². The predicted octanol–water partition coefficient (Wildman–Crippen LogP) is 0.521. The molecule has 2 amide bonds. The Labute approximate surface area is 133 Å². The summed E-state index contributed by atoms with van der Waals surface area (Å²) in [6.45, 7) is 2.71. The summed E-state index contributed by atoms with van der Waals surface area (Å²) < 4.78 is 5.16. The fourth-order valence-electron chi connectivity index (χ4n) is 3.08. The second-order valence-electron chi connectivity index (χ2n) is 5.69. The third-order valence-corrected chi connectivity index (χ3v) is 4.28. The number of anilines is 1. The zero-order valence-electron chi connectivity index (χ0n) is 12.8. The number of morpholine rings is 1. The Morgan fingerprint density at radius 3 is 2.74 bits per heavy atom.